The second-order valence-electron chi connectivity index (χ2n) is 5.56. The van der Waals surface area contributed by atoms with Gasteiger partial charge in [-0.05, 0) is 38.6 Å². The van der Waals surface area contributed by atoms with Gasteiger partial charge in [-0.3, -0.25) is 4.79 Å². The van der Waals surface area contributed by atoms with Crippen LogP contribution in [0.3, 0.4) is 0 Å². The molecule has 1 saturated heterocycles. The van der Waals surface area contributed by atoms with E-state index in [1.807, 2.05) is 18.2 Å². The molecule has 1 aliphatic heterocycles. The van der Waals surface area contributed by atoms with Crippen LogP contribution >= 0.6 is 27.3 Å². The molecule has 0 bridgehead atoms. The summed E-state index contributed by atoms with van der Waals surface area (Å²) in [5, 5.41) is 4.07. The number of likely N-dealkylation sites (tertiary alicyclic amines) is 1. The SMILES string of the molecule is CN1CCCC(NC(=O)c2sc3cc(Br)ccc3c2N)C1. The maximum absolute atomic E-state index is 12.5. The summed E-state index contributed by atoms with van der Waals surface area (Å²) in [6.45, 7) is 2.01. The minimum Gasteiger partial charge on any atom is -0.397 e. The number of carbonyl (C=O) groups excluding carboxylic acids is 1. The zero-order chi connectivity index (χ0) is 15.0. The number of thiophene rings is 1. The number of hydrogen-bond acceptors (Lipinski definition) is 4. The van der Waals surface area contributed by atoms with E-state index in [4.69, 9.17) is 5.73 Å². The highest BCUT2D eigenvalue weighted by molar-refractivity contribution is 9.10. The van der Waals surface area contributed by atoms with Crippen LogP contribution in [0.25, 0.3) is 10.1 Å². The number of rotatable bonds is 2. The number of fused-ring (bicyclic) bond motifs is 1. The summed E-state index contributed by atoms with van der Waals surface area (Å²) in [6.07, 6.45) is 2.16. The fraction of sp³-hybridized carbons (Fsp3) is 0.400. The van der Waals surface area contributed by atoms with E-state index >= 15 is 0 Å². The van der Waals surface area contributed by atoms with Crippen LogP contribution in [0, 0.1) is 0 Å². The number of carbonyl (C=O) groups is 1. The van der Waals surface area contributed by atoms with Crippen LogP contribution in [0.15, 0.2) is 22.7 Å². The quantitative estimate of drug-likeness (QED) is 0.857. The van der Waals surface area contributed by atoms with E-state index < -0.39 is 0 Å². The Morgan fingerprint density at radius 3 is 3.10 bits per heavy atom. The lowest BCUT2D eigenvalue weighted by Gasteiger charge is -2.30. The molecule has 1 aromatic heterocycles. The minimum absolute atomic E-state index is 0.0508. The van der Waals surface area contributed by atoms with Gasteiger partial charge in [0.05, 0.1) is 5.69 Å². The lowest BCUT2D eigenvalue weighted by molar-refractivity contribution is 0.0917. The third kappa shape index (κ3) is 3.07. The molecule has 0 aliphatic carbocycles. The van der Waals surface area contributed by atoms with Crippen LogP contribution in [-0.2, 0) is 0 Å². The molecular formula is C15H18BrN3OS. The minimum atomic E-state index is -0.0508. The van der Waals surface area contributed by atoms with Gasteiger partial charge in [-0.2, -0.15) is 0 Å². The zero-order valence-corrected chi connectivity index (χ0v) is 14.3. The predicted octanol–water partition coefficient (Wildman–Crippen LogP) is 3.07. The maximum Gasteiger partial charge on any atom is 0.263 e. The van der Waals surface area contributed by atoms with Crippen molar-refractivity contribution in [3.8, 4) is 0 Å². The number of nitrogen functional groups attached to an aromatic ring is 1. The largest absolute Gasteiger partial charge is 0.397 e. The molecule has 0 saturated carbocycles. The highest BCUT2D eigenvalue weighted by Crippen LogP contribution is 2.35. The molecule has 2 aromatic rings. The van der Waals surface area contributed by atoms with E-state index in [-0.39, 0.29) is 11.9 Å². The first-order valence-electron chi connectivity index (χ1n) is 7.01. The van der Waals surface area contributed by atoms with Crippen molar-refractivity contribution < 1.29 is 4.79 Å². The van der Waals surface area contributed by atoms with Crippen molar-refractivity contribution in [2.45, 2.75) is 18.9 Å². The van der Waals surface area contributed by atoms with E-state index in [1.165, 1.54) is 11.3 Å². The molecule has 1 aromatic carbocycles. The number of nitrogens with two attached hydrogens (primary N) is 1. The van der Waals surface area contributed by atoms with Gasteiger partial charge in [0.15, 0.2) is 0 Å². The molecule has 1 aliphatic rings. The Balaban J connectivity index is 1.82. The van der Waals surface area contributed by atoms with Crippen molar-refractivity contribution >= 4 is 48.9 Å². The lowest BCUT2D eigenvalue weighted by atomic mass is 10.1. The molecule has 0 radical (unpaired) electrons. The number of amides is 1. The van der Waals surface area contributed by atoms with Crippen LogP contribution in [0.4, 0.5) is 5.69 Å². The van der Waals surface area contributed by atoms with E-state index in [0.29, 0.717) is 10.6 Å². The fourth-order valence-corrected chi connectivity index (χ4v) is 4.37. The fourth-order valence-electron chi connectivity index (χ4n) is 2.79. The van der Waals surface area contributed by atoms with Crippen molar-refractivity contribution in [2.24, 2.45) is 0 Å². The van der Waals surface area contributed by atoms with Crippen LogP contribution in [0.2, 0.25) is 0 Å². The smallest absolute Gasteiger partial charge is 0.263 e. The van der Waals surface area contributed by atoms with Crippen molar-refractivity contribution in [2.75, 3.05) is 25.9 Å². The first-order valence-corrected chi connectivity index (χ1v) is 8.62. The van der Waals surface area contributed by atoms with Crippen LogP contribution in [0.5, 0.6) is 0 Å². The number of nitrogens with one attached hydrogen (secondary N) is 1. The Hall–Kier alpha value is -1.11. The summed E-state index contributed by atoms with van der Waals surface area (Å²) < 4.78 is 2.03. The second-order valence-corrected chi connectivity index (χ2v) is 7.53. The molecule has 1 fully saturated rings. The van der Waals surface area contributed by atoms with Crippen LogP contribution < -0.4 is 11.1 Å². The third-order valence-corrected chi connectivity index (χ3v) is 5.52. The number of benzene rings is 1. The van der Waals surface area contributed by atoms with Gasteiger partial charge >= 0.3 is 0 Å². The van der Waals surface area contributed by atoms with Gasteiger partial charge in [0, 0.05) is 27.1 Å². The van der Waals surface area contributed by atoms with Crippen molar-refractivity contribution in [3.05, 3.63) is 27.5 Å². The average Bonchev–Trinajstić information content (AvgIpc) is 2.75. The predicted molar refractivity (Wildman–Crippen MR) is 91.9 cm³/mol. The Bertz CT molecular complexity index is 685. The van der Waals surface area contributed by atoms with Gasteiger partial charge in [0.1, 0.15) is 4.88 Å². The van der Waals surface area contributed by atoms with Gasteiger partial charge in [-0.25, -0.2) is 0 Å². The maximum atomic E-state index is 12.5. The molecule has 0 spiro atoms. The van der Waals surface area contributed by atoms with Crippen LogP contribution in [0.1, 0.15) is 22.5 Å². The molecule has 6 heteroatoms. The van der Waals surface area contributed by atoms with E-state index in [1.54, 1.807) is 0 Å². The zero-order valence-electron chi connectivity index (χ0n) is 11.9. The molecule has 4 nitrogen and oxygen atoms in total. The summed E-state index contributed by atoms with van der Waals surface area (Å²) in [5.74, 6) is -0.0508. The summed E-state index contributed by atoms with van der Waals surface area (Å²) in [7, 11) is 2.09. The summed E-state index contributed by atoms with van der Waals surface area (Å²) >= 11 is 4.90. The number of likely N-dealkylation sites (N-methyl/N-ethyl adjacent to an activating group) is 1. The highest BCUT2D eigenvalue weighted by Gasteiger charge is 2.22. The Kier molecular flexibility index (Phi) is 4.19. The summed E-state index contributed by atoms with van der Waals surface area (Å²) in [4.78, 5) is 15.4. The van der Waals surface area contributed by atoms with E-state index in [0.717, 1.165) is 40.5 Å². The Labute approximate surface area is 136 Å². The monoisotopic (exact) mass is 367 g/mol. The molecule has 1 unspecified atom stereocenters. The third-order valence-electron chi connectivity index (χ3n) is 3.86. The highest BCUT2D eigenvalue weighted by atomic mass is 79.9. The summed E-state index contributed by atoms with van der Waals surface area (Å²) in [6, 6.07) is 6.12. The summed E-state index contributed by atoms with van der Waals surface area (Å²) in [5.41, 5.74) is 6.73. The number of piperidine rings is 1. The van der Waals surface area contributed by atoms with Crippen LogP contribution in [-0.4, -0.2) is 37.0 Å². The van der Waals surface area contributed by atoms with E-state index in [2.05, 4.69) is 33.2 Å². The molecule has 21 heavy (non-hydrogen) atoms. The Morgan fingerprint density at radius 2 is 2.33 bits per heavy atom. The molecule has 1 atom stereocenters. The van der Waals surface area contributed by atoms with Gasteiger partial charge in [0.2, 0.25) is 0 Å². The molecule has 112 valence electrons. The second kappa shape index (κ2) is 5.94. The molecular weight excluding hydrogens is 350 g/mol. The standard InChI is InChI=1S/C15H18BrN3OS/c1-19-6-2-3-10(8-19)18-15(20)14-13(17)11-5-4-9(16)7-12(11)21-14/h4-5,7,10H,2-3,6,8,17H2,1H3,(H,18,20). The molecule has 3 N–H and O–H groups in total. The number of halogens is 1. The topological polar surface area (TPSA) is 58.4 Å². The molecule has 2 heterocycles. The first kappa shape index (κ1) is 14.8. The Morgan fingerprint density at radius 1 is 1.52 bits per heavy atom. The van der Waals surface area contributed by atoms with Gasteiger partial charge in [-0.15, -0.1) is 11.3 Å². The van der Waals surface area contributed by atoms with Crippen molar-refractivity contribution in [1.29, 1.82) is 0 Å². The van der Waals surface area contributed by atoms with Gasteiger partial charge in [0.25, 0.3) is 5.91 Å². The number of anilines is 1. The van der Waals surface area contributed by atoms with Crippen molar-refractivity contribution in [1.82, 2.24) is 10.2 Å². The average molecular weight is 368 g/mol. The normalized spacial score (nSPS) is 19.8. The number of hydrogen-bond donors (Lipinski definition) is 2. The molecule has 3 rings (SSSR count). The van der Waals surface area contributed by atoms with Crippen molar-refractivity contribution in [3.63, 3.8) is 0 Å². The lowest BCUT2D eigenvalue weighted by Crippen LogP contribution is -2.46. The number of nitrogens with zero attached hydrogens (tertiary/aromatic N) is 1. The van der Waals surface area contributed by atoms with Gasteiger partial charge < -0.3 is 16.0 Å². The molecule has 1 amide bonds. The van der Waals surface area contributed by atoms with E-state index in [9.17, 15) is 4.79 Å². The van der Waals surface area contributed by atoms with Gasteiger partial charge in [-0.1, -0.05) is 22.0 Å². The first-order chi connectivity index (χ1) is 10.0.